The summed E-state index contributed by atoms with van der Waals surface area (Å²) in [4.78, 5) is 40.5. The Hall–Kier alpha value is -2.72. The third-order valence-electron chi connectivity index (χ3n) is 3.83. The van der Waals surface area contributed by atoms with Crippen molar-refractivity contribution in [3.63, 3.8) is 0 Å². The van der Waals surface area contributed by atoms with Crippen molar-refractivity contribution < 1.29 is 14.0 Å². The normalized spacial score (nSPS) is 12.1. The molecule has 27 heavy (non-hydrogen) atoms. The third kappa shape index (κ3) is 3.86. The molecule has 3 amide bonds. The van der Waals surface area contributed by atoms with Crippen molar-refractivity contribution in [2.75, 3.05) is 0 Å². The first-order chi connectivity index (χ1) is 12.8. The van der Waals surface area contributed by atoms with Crippen LogP contribution in [0.2, 0.25) is 0 Å². The molecule has 0 aliphatic rings. The van der Waals surface area contributed by atoms with E-state index in [2.05, 4.69) is 4.98 Å². The van der Waals surface area contributed by atoms with Gasteiger partial charge in [-0.05, 0) is 24.6 Å². The molecule has 140 valence electrons. The molecule has 3 aromatic rings. The van der Waals surface area contributed by atoms with Crippen molar-refractivity contribution in [2.24, 2.45) is 12.8 Å². The fourth-order valence-electron chi connectivity index (χ4n) is 2.44. The van der Waals surface area contributed by atoms with E-state index in [1.165, 1.54) is 28.0 Å². The Morgan fingerprint density at radius 2 is 2.00 bits per heavy atom. The molecule has 0 aliphatic heterocycles. The summed E-state index contributed by atoms with van der Waals surface area (Å²) >= 11 is 2.34. The summed E-state index contributed by atoms with van der Waals surface area (Å²) in [7, 11) is 1.56. The van der Waals surface area contributed by atoms with Gasteiger partial charge in [0.25, 0.3) is 5.56 Å². The Morgan fingerprint density at radius 3 is 2.63 bits per heavy atom. The fraction of sp³-hybridized carbons (Fsp3) is 0.176. The van der Waals surface area contributed by atoms with E-state index in [1.807, 2.05) is 5.32 Å². The maximum atomic E-state index is 13.2. The lowest BCUT2D eigenvalue weighted by Gasteiger charge is -2.12. The monoisotopic (exact) mass is 406 g/mol. The number of aromatic nitrogens is 2. The van der Waals surface area contributed by atoms with E-state index in [4.69, 9.17) is 5.73 Å². The molecule has 3 N–H and O–H groups in total. The molecular weight excluding hydrogens is 391 g/mol. The minimum atomic E-state index is -0.938. The zero-order chi connectivity index (χ0) is 19.7. The zero-order valence-electron chi connectivity index (χ0n) is 14.4. The lowest BCUT2D eigenvalue weighted by atomic mass is 10.1. The Bertz CT molecular complexity index is 1090. The highest BCUT2D eigenvalue weighted by Crippen LogP contribution is 2.32. The van der Waals surface area contributed by atoms with E-state index in [-0.39, 0.29) is 11.4 Å². The average molecular weight is 406 g/mol. The molecule has 0 spiro atoms. The maximum absolute atomic E-state index is 13.2. The second-order valence-corrected chi connectivity index (χ2v) is 7.87. The van der Waals surface area contributed by atoms with Crippen LogP contribution < -0.4 is 16.6 Å². The molecule has 0 bridgehead atoms. The van der Waals surface area contributed by atoms with Crippen LogP contribution in [-0.2, 0) is 11.8 Å². The van der Waals surface area contributed by atoms with E-state index in [1.54, 1.807) is 31.5 Å². The number of primary amides is 1. The van der Waals surface area contributed by atoms with Gasteiger partial charge in [-0.1, -0.05) is 23.9 Å². The van der Waals surface area contributed by atoms with Crippen molar-refractivity contribution in [2.45, 2.75) is 17.3 Å². The second-order valence-electron chi connectivity index (χ2n) is 5.71. The van der Waals surface area contributed by atoms with Crippen LogP contribution in [0, 0.1) is 5.82 Å². The zero-order valence-corrected chi connectivity index (χ0v) is 16.0. The van der Waals surface area contributed by atoms with Gasteiger partial charge in [0.05, 0.1) is 10.6 Å². The molecule has 1 aromatic carbocycles. The van der Waals surface area contributed by atoms with Crippen molar-refractivity contribution in [1.29, 1.82) is 0 Å². The van der Waals surface area contributed by atoms with E-state index in [0.29, 0.717) is 20.9 Å². The SMILES string of the molecule is C[C@H](Sc1nc2scc(-c3ccc(F)cc3)c2c(=O)n1C)C(=O)NC(N)=O. The molecule has 0 radical (unpaired) electrons. The summed E-state index contributed by atoms with van der Waals surface area (Å²) in [6.45, 7) is 1.58. The van der Waals surface area contributed by atoms with Crippen LogP contribution in [0.3, 0.4) is 0 Å². The summed E-state index contributed by atoms with van der Waals surface area (Å²) in [5.41, 5.74) is 6.07. The highest BCUT2D eigenvalue weighted by molar-refractivity contribution is 8.00. The van der Waals surface area contributed by atoms with Gasteiger partial charge in [-0.2, -0.15) is 0 Å². The Morgan fingerprint density at radius 1 is 1.33 bits per heavy atom. The predicted molar refractivity (Wildman–Crippen MR) is 103 cm³/mol. The lowest BCUT2D eigenvalue weighted by Crippen LogP contribution is -2.39. The molecule has 0 aliphatic carbocycles. The van der Waals surface area contributed by atoms with Crippen molar-refractivity contribution in [1.82, 2.24) is 14.9 Å². The summed E-state index contributed by atoms with van der Waals surface area (Å²) in [5.74, 6) is -0.925. The number of hydrogen-bond donors (Lipinski definition) is 2. The van der Waals surface area contributed by atoms with Crippen LogP contribution >= 0.6 is 23.1 Å². The minimum absolute atomic E-state index is 0.273. The number of rotatable bonds is 4. The molecule has 10 heteroatoms. The molecule has 1 atom stereocenters. The number of thiophene rings is 1. The van der Waals surface area contributed by atoms with E-state index in [9.17, 15) is 18.8 Å². The second kappa shape index (κ2) is 7.49. The molecular formula is C17H15FN4O3S2. The van der Waals surface area contributed by atoms with E-state index < -0.39 is 17.2 Å². The molecule has 0 saturated heterocycles. The number of fused-ring (bicyclic) bond motifs is 1. The van der Waals surface area contributed by atoms with Crippen molar-refractivity contribution >= 4 is 45.3 Å². The predicted octanol–water partition coefficient (Wildman–Crippen LogP) is 2.48. The topological polar surface area (TPSA) is 107 Å². The maximum Gasteiger partial charge on any atom is 0.318 e. The number of nitrogens with zero attached hydrogens (tertiary/aromatic N) is 2. The summed E-state index contributed by atoms with van der Waals surface area (Å²) in [5, 5.41) is 3.90. The van der Waals surface area contributed by atoms with E-state index in [0.717, 1.165) is 17.3 Å². The number of nitrogens with two attached hydrogens (primary N) is 1. The molecule has 7 nitrogen and oxygen atoms in total. The van der Waals surface area contributed by atoms with Gasteiger partial charge in [-0.25, -0.2) is 14.2 Å². The first kappa shape index (κ1) is 19.1. The van der Waals surface area contributed by atoms with Crippen LogP contribution in [0.5, 0.6) is 0 Å². The third-order valence-corrected chi connectivity index (χ3v) is 5.84. The first-order valence-electron chi connectivity index (χ1n) is 7.79. The van der Waals surface area contributed by atoms with Gasteiger partial charge in [0.15, 0.2) is 5.16 Å². The molecule has 2 aromatic heterocycles. The van der Waals surface area contributed by atoms with Crippen LogP contribution in [0.1, 0.15) is 6.92 Å². The van der Waals surface area contributed by atoms with Crippen LogP contribution in [0.25, 0.3) is 21.3 Å². The molecule has 3 rings (SSSR count). The number of hydrogen-bond acceptors (Lipinski definition) is 6. The molecule has 0 fully saturated rings. The van der Waals surface area contributed by atoms with Crippen LogP contribution in [0.15, 0.2) is 39.6 Å². The summed E-state index contributed by atoms with van der Waals surface area (Å²) in [6.07, 6.45) is 0. The lowest BCUT2D eigenvalue weighted by molar-refractivity contribution is -0.119. The summed E-state index contributed by atoms with van der Waals surface area (Å²) in [6, 6.07) is 4.94. The minimum Gasteiger partial charge on any atom is -0.351 e. The molecule has 0 unspecified atom stereocenters. The fourth-order valence-corrected chi connectivity index (χ4v) is 4.30. The largest absolute Gasteiger partial charge is 0.351 e. The van der Waals surface area contributed by atoms with Crippen molar-refractivity contribution in [3.8, 4) is 11.1 Å². The van der Waals surface area contributed by atoms with Crippen LogP contribution in [-0.4, -0.2) is 26.7 Å². The smallest absolute Gasteiger partial charge is 0.318 e. The quantitative estimate of drug-likeness (QED) is 0.511. The number of halogens is 1. The van der Waals surface area contributed by atoms with E-state index >= 15 is 0 Å². The number of carbonyl (C=O) groups is 2. The van der Waals surface area contributed by atoms with Gasteiger partial charge in [-0.3, -0.25) is 19.5 Å². The summed E-state index contributed by atoms with van der Waals surface area (Å²) < 4.78 is 14.5. The van der Waals surface area contributed by atoms with Gasteiger partial charge in [0, 0.05) is 18.0 Å². The van der Waals surface area contributed by atoms with Gasteiger partial charge in [0.1, 0.15) is 10.6 Å². The number of urea groups is 1. The number of amides is 3. The number of benzene rings is 1. The van der Waals surface area contributed by atoms with Crippen molar-refractivity contribution in [3.05, 3.63) is 45.8 Å². The van der Waals surface area contributed by atoms with Gasteiger partial charge >= 0.3 is 6.03 Å². The van der Waals surface area contributed by atoms with Gasteiger partial charge < -0.3 is 5.73 Å². The number of thioether (sulfide) groups is 1. The molecule has 0 saturated carbocycles. The van der Waals surface area contributed by atoms with Gasteiger partial charge in [0.2, 0.25) is 5.91 Å². The number of nitrogens with one attached hydrogen (secondary N) is 1. The van der Waals surface area contributed by atoms with Crippen LogP contribution in [0.4, 0.5) is 9.18 Å². The highest BCUT2D eigenvalue weighted by Gasteiger charge is 2.21. The number of imide groups is 1. The van der Waals surface area contributed by atoms with Gasteiger partial charge in [-0.15, -0.1) is 11.3 Å². The Balaban J connectivity index is 2.00. The average Bonchev–Trinajstić information content (AvgIpc) is 3.03. The highest BCUT2D eigenvalue weighted by atomic mass is 32.2. The Labute approximate surface area is 161 Å². The molecule has 2 heterocycles. The Kier molecular flexibility index (Phi) is 5.29. The standard InChI is InChI=1S/C17H15FN4O3S2/c1-8(13(23)20-16(19)25)27-17-21-14-12(15(24)22(17)2)11(7-26-14)9-3-5-10(18)6-4-9/h3-8H,1-2H3,(H3,19,20,23,25)/t8-/m0/s1. The number of carbonyl (C=O) groups excluding carboxylic acids is 2. The first-order valence-corrected chi connectivity index (χ1v) is 9.55.